The van der Waals surface area contributed by atoms with Gasteiger partial charge < -0.3 is 47.9 Å². The van der Waals surface area contributed by atoms with Crippen LogP contribution < -0.4 is 24.2 Å². The van der Waals surface area contributed by atoms with Gasteiger partial charge in [0, 0.05) is 74.8 Å². The van der Waals surface area contributed by atoms with Crippen LogP contribution in [0, 0.1) is 5.82 Å². The predicted molar refractivity (Wildman–Crippen MR) is 177 cm³/mol. The summed E-state index contributed by atoms with van der Waals surface area (Å²) in [6.45, 7) is 5.52. The van der Waals surface area contributed by atoms with Gasteiger partial charge in [0.25, 0.3) is 0 Å². The molecule has 0 unspecified atom stereocenters. The summed E-state index contributed by atoms with van der Waals surface area (Å²) >= 11 is 0. The lowest BCUT2D eigenvalue weighted by Gasteiger charge is -2.33. The first kappa shape index (κ1) is 36.2. The maximum absolute atomic E-state index is 14.2. The molecule has 0 radical (unpaired) electrons. The largest absolute Gasteiger partial charge is 0.494 e. The molecule has 3 aromatic rings. The third kappa shape index (κ3) is 9.70. The lowest BCUT2D eigenvalue weighted by molar-refractivity contribution is 0.0818. The van der Waals surface area contributed by atoms with Gasteiger partial charge in [-0.3, -0.25) is 0 Å². The summed E-state index contributed by atoms with van der Waals surface area (Å²) in [6, 6.07) is 4.60. The van der Waals surface area contributed by atoms with Crippen molar-refractivity contribution in [1.29, 1.82) is 0 Å². The number of hydrogen-bond acceptors (Lipinski definition) is 14. The molecule has 0 saturated carbocycles. The summed E-state index contributed by atoms with van der Waals surface area (Å²) in [5.41, 5.74) is 1.71. The van der Waals surface area contributed by atoms with Crippen molar-refractivity contribution in [1.82, 2.24) is 19.9 Å². The molecule has 0 amide bonds. The van der Waals surface area contributed by atoms with Crippen molar-refractivity contribution in [2.24, 2.45) is 0 Å². The third-order valence-electron chi connectivity index (χ3n) is 7.96. The van der Waals surface area contributed by atoms with Gasteiger partial charge in [-0.25, -0.2) is 14.4 Å². The van der Waals surface area contributed by atoms with E-state index >= 15 is 0 Å². The number of ether oxygens (including phenoxy) is 7. The second kappa shape index (κ2) is 18.6. The Morgan fingerprint density at radius 2 is 1.30 bits per heavy atom. The topological polar surface area (TPSA) is 126 Å². The van der Waals surface area contributed by atoms with Crippen molar-refractivity contribution in [3.8, 4) is 11.6 Å². The zero-order valence-electron chi connectivity index (χ0n) is 28.4. The number of aromatic nitrogens is 4. The van der Waals surface area contributed by atoms with Crippen LogP contribution >= 0.6 is 0 Å². The van der Waals surface area contributed by atoms with Crippen molar-refractivity contribution in [2.45, 2.75) is 25.6 Å². The van der Waals surface area contributed by atoms with Gasteiger partial charge in [0.1, 0.15) is 12.1 Å². The molecule has 1 fully saturated rings. The first-order chi connectivity index (χ1) is 23.0. The summed E-state index contributed by atoms with van der Waals surface area (Å²) in [5, 5.41) is 0. The zero-order valence-corrected chi connectivity index (χ0v) is 28.4. The Morgan fingerprint density at radius 1 is 0.745 bits per heavy atom. The van der Waals surface area contributed by atoms with Gasteiger partial charge in [0.2, 0.25) is 17.8 Å². The summed E-state index contributed by atoms with van der Waals surface area (Å²) in [4.78, 5) is 26.3. The van der Waals surface area contributed by atoms with E-state index in [9.17, 15) is 4.39 Å². The number of piperidine rings is 1. The zero-order chi connectivity index (χ0) is 33.6. The fourth-order valence-corrected chi connectivity index (χ4v) is 5.23. The highest BCUT2D eigenvalue weighted by molar-refractivity contribution is 5.91. The monoisotopic (exact) mass is 661 g/mol. The summed E-state index contributed by atoms with van der Waals surface area (Å²) < 4.78 is 53.0. The number of benzene rings is 1. The van der Waals surface area contributed by atoms with Crippen LogP contribution in [0.5, 0.6) is 11.6 Å². The Morgan fingerprint density at radius 3 is 1.83 bits per heavy atom. The normalized spacial score (nSPS) is 13.7. The highest BCUT2D eigenvalue weighted by atomic mass is 19.1. The van der Waals surface area contributed by atoms with Crippen LogP contribution in [0.3, 0.4) is 0 Å². The van der Waals surface area contributed by atoms with Gasteiger partial charge >= 0.3 is 0 Å². The summed E-state index contributed by atoms with van der Waals surface area (Å²) in [5.74, 6) is 1.53. The maximum atomic E-state index is 14.2. The van der Waals surface area contributed by atoms with Crippen LogP contribution in [0.2, 0.25) is 0 Å². The van der Waals surface area contributed by atoms with Crippen LogP contribution in [0.15, 0.2) is 18.2 Å². The van der Waals surface area contributed by atoms with Crippen LogP contribution in [-0.4, -0.2) is 134 Å². The highest BCUT2D eigenvalue weighted by Gasteiger charge is 2.27. The Hall–Kier alpha value is -3.63. The summed E-state index contributed by atoms with van der Waals surface area (Å²) in [7, 11) is 9.79. The van der Waals surface area contributed by atoms with E-state index in [0.29, 0.717) is 86.9 Å². The second-order valence-corrected chi connectivity index (χ2v) is 11.0. The fourth-order valence-electron chi connectivity index (χ4n) is 5.23. The van der Waals surface area contributed by atoms with Crippen LogP contribution in [0.1, 0.15) is 18.4 Å². The smallest absolute Gasteiger partial charge is 0.246 e. The molecule has 260 valence electrons. The first-order valence-corrected chi connectivity index (χ1v) is 15.7. The molecule has 3 heterocycles. The van der Waals surface area contributed by atoms with Crippen molar-refractivity contribution in [2.75, 3.05) is 123 Å². The quantitative estimate of drug-likeness (QED) is 0.176. The van der Waals surface area contributed by atoms with Crippen molar-refractivity contribution in [3.63, 3.8) is 0 Å². The van der Waals surface area contributed by atoms with Crippen molar-refractivity contribution < 1.29 is 37.5 Å². The molecule has 1 saturated heterocycles. The van der Waals surface area contributed by atoms with E-state index < -0.39 is 5.82 Å². The molecule has 0 bridgehead atoms. The van der Waals surface area contributed by atoms with Gasteiger partial charge in [-0.1, -0.05) is 6.07 Å². The van der Waals surface area contributed by atoms with Crippen molar-refractivity contribution >= 4 is 28.7 Å². The molecule has 0 spiro atoms. The van der Waals surface area contributed by atoms with Gasteiger partial charge in [-0.05, 0) is 30.5 Å². The third-order valence-corrected chi connectivity index (χ3v) is 7.96. The minimum atomic E-state index is -0.454. The lowest BCUT2D eigenvalue weighted by Crippen LogP contribution is -2.38. The number of rotatable bonds is 20. The molecule has 0 aliphatic carbocycles. The number of hydrogen-bond donors (Lipinski definition) is 0. The average Bonchev–Trinajstić information content (AvgIpc) is 3.10. The highest BCUT2D eigenvalue weighted by Crippen LogP contribution is 2.34. The predicted octanol–water partition coefficient (Wildman–Crippen LogP) is 2.96. The van der Waals surface area contributed by atoms with E-state index in [1.165, 1.54) is 13.2 Å². The molecule has 1 aromatic carbocycles. The number of anilines is 3. The minimum absolute atomic E-state index is 0.0866. The van der Waals surface area contributed by atoms with Gasteiger partial charge in [0.05, 0.1) is 39.6 Å². The van der Waals surface area contributed by atoms with E-state index in [1.807, 2.05) is 9.80 Å². The molecule has 1 aliphatic rings. The number of fused-ring (bicyclic) bond motifs is 1. The van der Waals surface area contributed by atoms with Gasteiger partial charge in [-0.2, -0.15) is 9.97 Å². The molecule has 15 heteroatoms. The molecule has 0 N–H and O–H groups in total. The Kier molecular flexibility index (Phi) is 14.4. The Labute approximate surface area is 276 Å². The van der Waals surface area contributed by atoms with Gasteiger partial charge in [0.15, 0.2) is 22.9 Å². The van der Waals surface area contributed by atoms with E-state index in [0.717, 1.165) is 25.9 Å². The van der Waals surface area contributed by atoms with Crippen LogP contribution in [-0.2, 0) is 30.3 Å². The molecule has 1 aliphatic heterocycles. The number of nitrogens with zero attached hydrogens (tertiary/aromatic N) is 7. The maximum Gasteiger partial charge on any atom is 0.246 e. The molecule has 14 nitrogen and oxygen atoms in total. The Bertz CT molecular complexity index is 1380. The lowest BCUT2D eigenvalue weighted by atomic mass is 10.1. The summed E-state index contributed by atoms with van der Waals surface area (Å²) in [6.07, 6.45) is 1.86. The van der Waals surface area contributed by atoms with Gasteiger partial charge in [-0.15, -0.1) is 0 Å². The molecular formula is C32H48FN7O7. The second-order valence-electron chi connectivity index (χ2n) is 11.0. The first-order valence-electron chi connectivity index (χ1n) is 15.7. The molecule has 47 heavy (non-hydrogen) atoms. The standard InChI is InChI=1S/C32H48FN7O7/c1-41-17-13-39(14-18-42-2)31-35-28-27(29(36-31)38-11-9-24(45-5)10-12-38)34-32(40(15-19-43-3)16-20-44-4)37-30(28)47-22-23-7-8-25(33)26(21-23)46-6/h7-8,21,24H,9-20,22H2,1-6H3. The molecule has 4 rings (SSSR count). The number of halogens is 1. The minimum Gasteiger partial charge on any atom is -0.494 e. The Balaban J connectivity index is 1.89. The molecule has 2 aromatic heterocycles. The average molecular weight is 662 g/mol. The van der Waals surface area contributed by atoms with Crippen molar-refractivity contribution in [3.05, 3.63) is 29.6 Å². The molecular weight excluding hydrogens is 613 g/mol. The van der Waals surface area contributed by atoms with E-state index in [1.54, 1.807) is 47.7 Å². The van der Waals surface area contributed by atoms with E-state index in [2.05, 4.69) is 4.90 Å². The molecule has 0 atom stereocenters. The van der Waals surface area contributed by atoms with E-state index in [-0.39, 0.29) is 24.3 Å². The van der Waals surface area contributed by atoms with Crippen LogP contribution in [0.25, 0.3) is 11.0 Å². The number of methoxy groups -OCH3 is 6. The SMILES string of the molecule is COCCN(CCOC)c1nc(N2CCC(OC)CC2)c2nc(N(CCOC)CCOC)nc(OCc3ccc(F)c(OC)c3)c2n1. The van der Waals surface area contributed by atoms with Crippen LogP contribution in [0.4, 0.5) is 22.1 Å². The van der Waals surface area contributed by atoms with E-state index in [4.69, 9.17) is 53.1 Å². The fraction of sp³-hybridized carbons (Fsp3) is 0.625.